The Kier molecular flexibility index (Phi) is 6.13. The van der Waals surface area contributed by atoms with Crippen LogP contribution in [0.15, 0.2) is 41.3 Å². The molecule has 0 aliphatic heterocycles. The molecule has 0 bridgehead atoms. The lowest BCUT2D eigenvalue weighted by Gasteiger charge is -2.17. The maximum Gasteiger partial charge on any atom is 0.418 e. The Balaban J connectivity index is 2.15. The van der Waals surface area contributed by atoms with Crippen molar-refractivity contribution in [3.8, 4) is 0 Å². The average Bonchev–Trinajstić information content (AvgIpc) is 2.52. The van der Waals surface area contributed by atoms with E-state index in [0.717, 1.165) is 11.6 Å². The highest BCUT2D eigenvalue weighted by molar-refractivity contribution is 7.90. The number of aryl methyl sites for hydroxylation is 1. The van der Waals surface area contributed by atoms with Crippen LogP contribution in [-0.4, -0.2) is 14.4 Å². The van der Waals surface area contributed by atoms with Crippen LogP contribution in [0.2, 0.25) is 10.0 Å². The molecule has 12 heteroatoms. The van der Waals surface area contributed by atoms with Gasteiger partial charge in [0.2, 0.25) is 0 Å². The van der Waals surface area contributed by atoms with Crippen molar-refractivity contribution in [3.05, 3.63) is 57.6 Å². The van der Waals surface area contributed by atoms with Crippen LogP contribution >= 0.6 is 23.2 Å². The molecule has 2 rings (SSSR count). The number of alkyl halides is 3. The van der Waals surface area contributed by atoms with E-state index in [9.17, 15) is 26.4 Å². The minimum absolute atomic E-state index is 0.191. The Morgan fingerprint density at radius 1 is 1.07 bits per heavy atom. The molecule has 3 N–H and O–H groups in total. The number of carbonyl (C=O) groups is 1. The van der Waals surface area contributed by atoms with Crippen molar-refractivity contribution < 1.29 is 26.4 Å². The van der Waals surface area contributed by atoms with Crippen molar-refractivity contribution in [2.45, 2.75) is 18.0 Å². The monoisotopic (exact) mass is 441 g/mol. The molecule has 2 aromatic carbocycles. The van der Waals surface area contributed by atoms with Gasteiger partial charge in [0.05, 0.1) is 21.2 Å². The number of rotatable bonds is 4. The summed E-state index contributed by atoms with van der Waals surface area (Å²) >= 11 is 11.3. The first-order valence-electron chi connectivity index (χ1n) is 7.12. The lowest BCUT2D eigenvalue weighted by Crippen LogP contribution is -2.42. The van der Waals surface area contributed by atoms with Crippen molar-refractivity contribution in [1.29, 1.82) is 0 Å². The molecule has 0 saturated carbocycles. The Morgan fingerprint density at radius 2 is 1.67 bits per heavy atom. The van der Waals surface area contributed by atoms with Gasteiger partial charge < -0.3 is 0 Å². The topological polar surface area (TPSA) is 87.3 Å². The van der Waals surface area contributed by atoms with Crippen molar-refractivity contribution in [1.82, 2.24) is 10.1 Å². The summed E-state index contributed by atoms with van der Waals surface area (Å²) in [6.07, 6.45) is -4.82. The van der Waals surface area contributed by atoms with Gasteiger partial charge in [0.25, 0.3) is 10.0 Å². The largest absolute Gasteiger partial charge is 0.418 e. The number of hydrazine groups is 1. The number of halogens is 5. The zero-order valence-corrected chi connectivity index (χ0v) is 15.8. The summed E-state index contributed by atoms with van der Waals surface area (Å²) < 4.78 is 65.0. The second-order valence-electron chi connectivity index (χ2n) is 5.31. The number of benzene rings is 2. The van der Waals surface area contributed by atoms with Gasteiger partial charge in [-0.25, -0.2) is 17.9 Å². The van der Waals surface area contributed by atoms with E-state index >= 15 is 0 Å². The fourth-order valence-electron chi connectivity index (χ4n) is 1.97. The highest BCUT2D eigenvalue weighted by Crippen LogP contribution is 2.40. The molecule has 0 heterocycles. The smallest absolute Gasteiger partial charge is 0.295 e. The number of hydrogen-bond acceptors (Lipinski definition) is 4. The third-order valence-corrected chi connectivity index (χ3v) is 5.08. The summed E-state index contributed by atoms with van der Waals surface area (Å²) in [6.45, 7) is 1.74. The van der Waals surface area contributed by atoms with E-state index in [4.69, 9.17) is 23.2 Å². The predicted molar refractivity (Wildman–Crippen MR) is 95.1 cm³/mol. The molecule has 146 valence electrons. The molecule has 2 amide bonds. The van der Waals surface area contributed by atoms with Crippen molar-refractivity contribution >= 4 is 44.9 Å². The first kappa shape index (κ1) is 21.1. The van der Waals surface area contributed by atoms with Crippen molar-refractivity contribution in [2.24, 2.45) is 0 Å². The zero-order chi connectivity index (χ0) is 20.4. The summed E-state index contributed by atoms with van der Waals surface area (Å²) in [5, 5.41) is -0.680. The van der Waals surface area contributed by atoms with E-state index in [1.165, 1.54) is 24.3 Å². The minimum Gasteiger partial charge on any atom is -0.295 e. The number of carbonyl (C=O) groups excluding carboxylic acids is 1. The van der Waals surface area contributed by atoms with Crippen molar-refractivity contribution in [2.75, 3.05) is 5.43 Å². The van der Waals surface area contributed by atoms with Gasteiger partial charge in [-0.05, 0) is 31.2 Å². The molecular weight excluding hydrogens is 430 g/mol. The Labute approximate surface area is 162 Å². The predicted octanol–water partition coefficient (Wildman–Crippen LogP) is 4.34. The molecular formula is C15H12Cl2F3N3O3S. The molecule has 0 fully saturated rings. The van der Waals surface area contributed by atoms with Gasteiger partial charge in [0, 0.05) is 5.02 Å². The maximum atomic E-state index is 13.1. The van der Waals surface area contributed by atoms with Gasteiger partial charge in [0.1, 0.15) is 0 Å². The first-order chi connectivity index (χ1) is 12.4. The second-order valence-corrected chi connectivity index (χ2v) is 7.83. The quantitative estimate of drug-likeness (QED) is 0.615. The average molecular weight is 442 g/mol. The van der Waals surface area contributed by atoms with Crippen LogP contribution in [0, 0.1) is 6.92 Å². The third-order valence-electron chi connectivity index (χ3n) is 3.22. The number of nitrogens with one attached hydrogen (secondary N) is 3. The van der Waals surface area contributed by atoms with Gasteiger partial charge in [-0.15, -0.1) is 0 Å². The van der Waals surface area contributed by atoms with Gasteiger partial charge in [0.15, 0.2) is 0 Å². The van der Waals surface area contributed by atoms with Crippen LogP contribution in [0.5, 0.6) is 0 Å². The van der Waals surface area contributed by atoms with E-state index in [2.05, 4.69) is 0 Å². The van der Waals surface area contributed by atoms with E-state index in [0.29, 0.717) is 6.07 Å². The molecule has 6 nitrogen and oxygen atoms in total. The van der Waals surface area contributed by atoms with E-state index in [-0.39, 0.29) is 9.92 Å². The van der Waals surface area contributed by atoms with Crippen LogP contribution in [0.3, 0.4) is 0 Å². The van der Waals surface area contributed by atoms with Crippen molar-refractivity contribution in [3.63, 3.8) is 0 Å². The summed E-state index contributed by atoms with van der Waals surface area (Å²) in [4.78, 5) is 11.6. The maximum absolute atomic E-state index is 13.1. The highest BCUT2D eigenvalue weighted by atomic mass is 35.5. The van der Waals surface area contributed by atoms with Gasteiger partial charge in [-0.2, -0.15) is 13.2 Å². The molecule has 0 radical (unpaired) electrons. The van der Waals surface area contributed by atoms with E-state index in [1.807, 2.05) is 5.43 Å². The van der Waals surface area contributed by atoms with Crippen LogP contribution in [-0.2, 0) is 16.2 Å². The number of urea groups is 1. The molecule has 0 aliphatic rings. The van der Waals surface area contributed by atoms with Crippen LogP contribution in [0.1, 0.15) is 11.1 Å². The Bertz CT molecular complexity index is 965. The Morgan fingerprint density at radius 3 is 2.22 bits per heavy atom. The molecule has 0 saturated heterocycles. The lowest BCUT2D eigenvalue weighted by atomic mass is 10.1. The molecule has 0 aliphatic carbocycles. The normalized spacial score (nSPS) is 11.8. The van der Waals surface area contributed by atoms with Gasteiger partial charge in [-0.3, -0.25) is 10.9 Å². The molecule has 0 atom stereocenters. The fourth-order valence-corrected chi connectivity index (χ4v) is 3.42. The molecule has 2 aromatic rings. The highest BCUT2D eigenvalue weighted by Gasteiger charge is 2.35. The number of amides is 2. The molecule has 27 heavy (non-hydrogen) atoms. The fraction of sp³-hybridized carbons (Fsp3) is 0.133. The molecule has 0 unspecified atom stereocenters. The summed E-state index contributed by atoms with van der Waals surface area (Å²) in [5.74, 6) is 0. The minimum atomic E-state index is -4.82. The Hall–Kier alpha value is -2.17. The van der Waals surface area contributed by atoms with Crippen LogP contribution in [0.4, 0.5) is 23.7 Å². The SMILES string of the molecule is Cc1ccc(S(=O)(=O)NC(=O)NNc2c(Cl)cc(Cl)cc2C(F)(F)F)cc1. The lowest BCUT2D eigenvalue weighted by molar-refractivity contribution is -0.137. The summed E-state index contributed by atoms with van der Waals surface area (Å²) in [6, 6.07) is 5.92. The number of hydrogen-bond donors (Lipinski definition) is 3. The van der Waals surface area contributed by atoms with Crippen LogP contribution < -0.4 is 15.6 Å². The van der Waals surface area contributed by atoms with E-state index < -0.39 is 38.5 Å². The molecule has 0 spiro atoms. The standard InChI is InChI=1S/C15H12Cl2F3N3O3S/c1-8-2-4-10(5-3-8)27(25,26)23-14(24)22-21-13-11(15(18,19)20)6-9(16)7-12(13)17/h2-7,21H,1H3,(H2,22,23,24). The number of sulfonamides is 1. The second kappa shape index (κ2) is 7.83. The summed E-state index contributed by atoms with van der Waals surface area (Å²) in [5.41, 5.74) is 2.65. The first-order valence-corrected chi connectivity index (χ1v) is 9.36. The van der Waals surface area contributed by atoms with Gasteiger partial charge >= 0.3 is 12.2 Å². The van der Waals surface area contributed by atoms with E-state index in [1.54, 1.807) is 17.1 Å². The third kappa shape index (κ3) is 5.41. The zero-order valence-electron chi connectivity index (χ0n) is 13.5. The summed E-state index contributed by atoms with van der Waals surface area (Å²) in [7, 11) is -4.21. The van der Waals surface area contributed by atoms with Gasteiger partial charge in [-0.1, -0.05) is 40.9 Å². The molecule has 0 aromatic heterocycles. The van der Waals surface area contributed by atoms with Crippen LogP contribution in [0.25, 0.3) is 0 Å². The number of anilines is 1.